The number of aromatic nitrogens is 2. The number of benzene rings is 1. The molecule has 17 heavy (non-hydrogen) atoms. The van der Waals surface area contributed by atoms with E-state index in [-0.39, 0.29) is 5.82 Å². The van der Waals surface area contributed by atoms with E-state index in [0.29, 0.717) is 22.4 Å². The first-order valence-electron chi connectivity index (χ1n) is 4.97. The van der Waals surface area contributed by atoms with Gasteiger partial charge in [0.2, 0.25) is 0 Å². The molecule has 0 amide bonds. The molecule has 2 aromatic heterocycles. The summed E-state index contributed by atoms with van der Waals surface area (Å²) in [5, 5.41) is 0.513. The van der Waals surface area contributed by atoms with Crippen LogP contribution < -0.4 is 5.69 Å². The van der Waals surface area contributed by atoms with Crippen LogP contribution in [-0.2, 0) is 0 Å². The first-order valence-corrected chi connectivity index (χ1v) is 4.97. The van der Waals surface area contributed by atoms with Gasteiger partial charge in [-0.15, -0.1) is 0 Å². The van der Waals surface area contributed by atoms with Crippen LogP contribution in [0.1, 0.15) is 0 Å². The second-order valence-electron chi connectivity index (χ2n) is 3.56. The van der Waals surface area contributed by atoms with E-state index < -0.39 is 5.69 Å². The normalized spacial score (nSPS) is 10.9. The van der Waals surface area contributed by atoms with Crippen molar-refractivity contribution in [2.24, 2.45) is 0 Å². The summed E-state index contributed by atoms with van der Waals surface area (Å²) in [6, 6.07) is 7.45. The molecule has 84 valence electrons. The van der Waals surface area contributed by atoms with Gasteiger partial charge in [-0.3, -0.25) is 0 Å². The van der Waals surface area contributed by atoms with E-state index in [1.165, 1.54) is 24.5 Å². The zero-order valence-corrected chi connectivity index (χ0v) is 8.61. The predicted octanol–water partition coefficient (Wildman–Crippen LogP) is 2.32. The molecule has 0 fully saturated rings. The van der Waals surface area contributed by atoms with Crippen LogP contribution in [0.3, 0.4) is 0 Å². The van der Waals surface area contributed by atoms with Crippen molar-refractivity contribution in [1.82, 2.24) is 9.97 Å². The topological polar surface area (TPSA) is 58.9 Å². The van der Waals surface area contributed by atoms with Crippen LogP contribution in [0.25, 0.3) is 22.4 Å². The van der Waals surface area contributed by atoms with Crippen molar-refractivity contribution >= 4 is 10.9 Å². The number of furan rings is 1. The molecule has 0 aliphatic heterocycles. The molecule has 0 atom stereocenters. The van der Waals surface area contributed by atoms with Gasteiger partial charge in [-0.05, 0) is 30.3 Å². The summed E-state index contributed by atoms with van der Waals surface area (Å²) < 4.78 is 18.4. The molecule has 2 heterocycles. The summed E-state index contributed by atoms with van der Waals surface area (Å²) in [6.45, 7) is 0. The van der Waals surface area contributed by atoms with Gasteiger partial charge in [-0.25, -0.2) is 9.18 Å². The van der Waals surface area contributed by atoms with E-state index >= 15 is 0 Å². The quantitative estimate of drug-likeness (QED) is 0.697. The molecule has 0 radical (unpaired) electrons. The maximum absolute atomic E-state index is 13.2. The summed E-state index contributed by atoms with van der Waals surface area (Å²) in [5.41, 5.74) is 0.376. The minimum Gasteiger partial charge on any atom is -0.463 e. The third kappa shape index (κ3) is 1.61. The Hall–Kier alpha value is -2.43. The first kappa shape index (κ1) is 9.77. The molecular formula is C12H7FN2O2. The van der Waals surface area contributed by atoms with E-state index in [1.807, 2.05) is 0 Å². The van der Waals surface area contributed by atoms with E-state index in [1.54, 1.807) is 12.1 Å². The Morgan fingerprint density at radius 2 is 2.18 bits per heavy atom. The number of hydrogen-bond donors (Lipinski definition) is 1. The van der Waals surface area contributed by atoms with Crippen molar-refractivity contribution in [3.8, 4) is 11.5 Å². The average molecular weight is 230 g/mol. The number of nitrogens with zero attached hydrogens (tertiary/aromatic N) is 1. The van der Waals surface area contributed by atoms with Gasteiger partial charge in [0, 0.05) is 5.39 Å². The molecule has 3 aromatic rings. The van der Waals surface area contributed by atoms with Crippen molar-refractivity contribution in [2.75, 3.05) is 0 Å². The molecule has 4 nitrogen and oxygen atoms in total. The SMILES string of the molecule is O=c1nc(-c2ccco2)c2cc(F)ccc2[nH]1. The van der Waals surface area contributed by atoms with Crippen LogP contribution >= 0.6 is 0 Å². The van der Waals surface area contributed by atoms with Crippen LogP contribution in [0.15, 0.2) is 45.8 Å². The van der Waals surface area contributed by atoms with Crippen molar-refractivity contribution < 1.29 is 8.81 Å². The number of aromatic amines is 1. The molecule has 0 aliphatic carbocycles. The van der Waals surface area contributed by atoms with Crippen molar-refractivity contribution in [3.63, 3.8) is 0 Å². The molecule has 0 spiro atoms. The van der Waals surface area contributed by atoms with E-state index in [9.17, 15) is 9.18 Å². The zero-order chi connectivity index (χ0) is 11.8. The van der Waals surface area contributed by atoms with Crippen LogP contribution in [0.2, 0.25) is 0 Å². The lowest BCUT2D eigenvalue weighted by Crippen LogP contribution is -2.11. The monoisotopic (exact) mass is 230 g/mol. The highest BCUT2D eigenvalue weighted by Gasteiger charge is 2.10. The van der Waals surface area contributed by atoms with Crippen LogP contribution in [0.4, 0.5) is 4.39 Å². The smallest absolute Gasteiger partial charge is 0.346 e. The lowest BCUT2D eigenvalue weighted by Gasteiger charge is -2.02. The van der Waals surface area contributed by atoms with E-state index in [2.05, 4.69) is 9.97 Å². The minimum absolute atomic E-state index is 0.341. The predicted molar refractivity (Wildman–Crippen MR) is 60.0 cm³/mol. The molecule has 0 saturated heterocycles. The molecule has 0 saturated carbocycles. The average Bonchev–Trinajstić information content (AvgIpc) is 2.82. The lowest BCUT2D eigenvalue weighted by molar-refractivity contribution is 0.580. The Bertz CT molecular complexity index is 732. The van der Waals surface area contributed by atoms with E-state index in [4.69, 9.17) is 4.42 Å². The van der Waals surface area contributed by atoms with Gasteiger partial charge in [0.15, 0.2) is 5.76 Å². The van der Waals surface area contributed by atoms with Gasteiger partial charge in [-0.2, -0.15) is 4.98 Å². The molecule has 0 unspecified atom stereocenters. The Morgan fingerprint density at radius 1 is 1.29 bits per heavy atom. The van der Waals surface area contributed by atoms with Gasteiger partial charge in [0.1, 0.15) is 11.5 Å². The Labute approximate surface area is 94.7 Å². The summed E-state index contributed by atoms with van der Waals surface area (Å²) in [7, 11) is 0. The van der Waals surface area contributed by atoms with Crippen molar-refractivity contribution in [2.45, 2.75) is 0 Å². The van der Waals surface area contributed by atoms with Gasteiger partial charge in [-0.1, -0.05) is 0 Å². The standard InChI is InChI=1S/C12H7FN2O2/c13-7-3-4-9-8(6-7)11(15-12(16)14-9)10-2-1-5-17-10/h1-6H,(H,14,15,16). The molecule has 1 aromatic carbocycles. The van der Waals surface area contributed by atoms with Gasteiger partial charge in [0.25, 0.3) is 0 Å². The van der Waals surface area contributed by atoms with Crippen molar-refractivity contribution in [3.05, 3.63) is 52.9 Å². The molecule has 3 rings (SSSR count). The maximum Gasteiger partial charge on any atom is 0.346 e. The second kappa shape index (κ2) is 3.55. The van der Waals surface area contributed by atoms with E-state index in [0.717, 1.165) is 0 Å². The fourth-order valence-electron chi connectivity index (χ4n) is 1.73. The number of halogens is 1. The number of hydrogen-bond acceptors (Lipinski definition) is 3. The number of nitrogens with one attached hydrogen (secondary N) is 1. The highest BCUT2D eigenvalue weighted by Crippen LogP contribution is 2.24. The third-order valence-electron chi connectivity index (χ3n) is 2.45. The fraction of sp³-hybridized carbons (Fsp3) is 0. The number of fused-ring (bicyclic) bond motifs is 1. The molecular weight excluding hydrogens is 223 g/mol. The summed E-state index contributed by atoms with van der Waals surface area (Å²) in [4.78, 5) is 17.7. The zero-order valence-electron chi connectivity index (χ0n) is 8.61. The van der Waals surface area contributed by atoms with Gasteiger partial charge in [0.05, 0.1) is 11.8 Å². The van der Waals surface area contributed by atoms with Crippen LogP contribution in [0.5, 0.6) is 0 Å². The fourth-order valence-corrected chi connectivity index (χ4v) is 1.73. The number of H-pyrrole nitrogens is 1. The second-order valence-corrected chi connectivity index (χ2v) is 3.56. The lowest BCUT2D eigenvalue weighted by atomic mass is 10.1. The largest absolute Gasteiger partial charge is 0.463 e. The van der Waals surface area contributed by atoms with Crippen LogP contribution in [-0.4, -0.2) is 9.97 Å². The molecule has 5 heteroatoms. The Morgan fingerprint density at radius 3 is 2.94 bits per heavy atom. The summed E-state index contributed by atoms with van der Waals surface area (Å²) in [5.74, 6) is 0.0471. The van der Waals surface area contributed by atoms with Gasteiger partial charge >= 0.3 is 5.69 Å². The molecule has 0 aliphatic rings. The first-order chi connectivity index (χ1) is 8.24. The van der Waals surface area contributed by atoms with Gasteiger partial charge < -0.3 is 9.40 Å². The maximum atomic E-state index is 13.2. The third-order valence-corrected chi connectivity index (χ3v) is 2.45. The molecule has 1 N–H and O–H groups in total. The van der Waals surface area contributed by atoms with Crippen LogP contribution in [0, 0.1) is 5.82 Å². The Balaban J connectivity index is 2.44. The Kier molecular flexibility index (Phi) is 2.04. The molecule has 0 bridgehead atoms. The number of rotatable bonds is 1. The minimum atomic E-state index is -0.490. The summed E-state index contributed by atoms with van der Waals surface area (Å²) in [6.07, 6.45) is 1.48. The highest BCUT2D eigenvalue weighted by atomic mass is 19.1. The highest BCUT2D eigenvalue weighted by molar-refractivity contribution is 5.90. The van der Waals surface area contributed by atoms with Crippen molar-refractivity contribution in [1.29, 1.82) is 0 Å². The summed E-state index contributed by atoms with van der Waals surface area (Å²) >= 11 is 0.